The van der Waals surface area contributed by atoms with Crippen LogP contribution in [-0.2, 0) is 9.47 Å². The molecular formula is C14H27NO2. The van der Waals surface area contributed by atoms with E-state index in [1.807, 2.05) is 0 Å². The second-order valence-electron chi connectivity index (χ2n) is 6.10. The molecule has 0 aromatic carbocycles. The Bertz CT molecular complexity index is 222. The first-order valence-electron chi connectivity index (χ1n) is 7.08. The number of rotatable bonds is 8. The predicted molar refractivity (Wildman–Crippen MR) is 69.1 cm³/mol. The van der Waals surface area contributed by atoms with Gasteiger partial charge in [0.1, 0.15) is 0 Å². The third kappa shape index (κ3) is 4.57. The molecule has 6 unspecified atom stereocenters. The van der Waals surface area contributed by atoms with E-state index < -0.39 is 0 Å². The summed E-state index contributed by atoms with van der Waals surface area (Å²) in [4.78, 5) is 0. The van der Waals surface area contributed by atoms with Gasteiger partial charge < -0.3 is 14.8 Å². The number of ether oxygens (including phenoxy) is 2. The van der Waals surface area contributed by atoms with Crippen LogP contribution in [0.3, 0.4) is 0 Å². The van der Waals surface area contributed by atoms with Crippen LogP contribution in [0.1, 0.15) is 40.5 Å². The quantitative estimate of drug-likeness (QED) is 0.662. The summed E-state index contributed by atoms with van der Waals surface area (Å²) < 4.78 is 10.9. The first kappa shape index (κ1) is 13.3. The zero-order chi connectivity index (χ0) is 12.4. The SMILES string of the molecule is CC(CNCC(C)CC1OC1C)CC1OC1C. The van der Waals surface area contributed by atoms with Gasteiger partial charge in [0.05, 0.1) is 24.4 Å². The average molecular weight is 241 g/mol. The second-order valence-corrected chi connectivity index (χ2v) is 6.10. The summed E-state index contributed by atoms with van der Waals surface area (Å²) in [6.45, 7) is 11.1. The van der Waals surface area contributed by atoms with Gasteiger partial charge in [-0.05, 0) is 51.6 Å². The van der Waals surface area contributed by atoms with Crippen molar-refractivity contribution in [1.29, 1.82) is 0 Å². The zero-order valence-electron chi connectivity index (χ0n) is 11.6. The van der Waals surface area contributed by atoms with Crippen LogP contribution in [0.15, 0.2) is 0 Å². The van der Waals surface area contributed by atoms with Crippen molar-refractivity contribution in [2.24, 2.45) is 11.8 Å². The molecule has 0 spiro atoms. The maximum Gasteiger partial charge on any atom is 0.0842 e. The first-order chi connectivity index (χ1) is 8.06. The molecule has 0 radical (unpaired) electrons. The van der Waals surface area contributed by atoms with Crippen molar-refractivity contribution in [2.75, 3.05) is 13.1 Å². The largest absolute Gasteiger partial charge is 0.370 e. The summed E-state index contributed by atoms with van der Waals surface area (Å²) in [6.07, 6.45) is 4.47. The maximum atomic E-state index is 5.44. The molecule has 0 bridgehead atoms. The highest BCUT2D eigenvalue weighted by Crippen LogP contribution is 2.28. The monoisotopic (exact) mass is 241 g/mol. The molecule has 2 aliphatic heterocycles. The van der Waals surface area contributed by atoms with Crippen molar-refractivity contribution in [2.45, 2.75) is 65.0 Å². The minimum Gasteiger partial charge on any atom is -0.370 e. The van der Waals surface area contributed by atoms with Crippen molar-refractivity contribution in [1.82, 2.24) is 5.32 Å². The van der Waals surface area contributed by atoms with Gasteiger partial charge in [0.25, 0.3) is 0 Å². The van der Waals surface area contributed by atoms with Crippen LogP contribution >= 0.6 is 0 Å². The molecule has 0 aliphatic carbocycles. The van der Waals surface area contributed by atoms with E-state index in [-0.39, 0.29) is 0 Å². The molecule has 0 aromatic rings. The lowest BCUT2D eigenvalue weighted by atomic mass is 10.0. The van der Waals surface area contributed by atoms with Gasteiger partial charge >= 0.3 is 0 Å². The highest BCUT2D eigenvalue weighted by Gasteiger charge is 2.35. The molecular weight excluding hydrogens is 214 g/mol. The lowest BCUT2D eigenvalue weighted by Gasteiger charge is -2.14. The Kier molecular flexibility index (Phi) is 4.45. The Labute approximate surface area is 105 Å². The molecule has 0 amide bonds. The van der Waals surface area contributed by atoms with Crippen molar-refractivity contribution < 1.29 is 9.47 Å². The molecule has 17 heavy (non-hydrogen) atoms. The molecule has 2 heterocycles. The molecule has 3 heteroatoms. The van der Waals surface area contributed by atoms with Gasteiger partial charge in [-0.1, -0.05) is 13.8 Å². The Hall–Kier alpha value is -0.120. The van der Waals surface area contributed by atoms with E-state index in [0.717, 1.165) is 13.1 Å². The fraction of sp³-hybridized carbons (Fsp3) is 1.00. The van der Waals surface area contributed by atoms with E-state index in [0.29, 0.717) is 36.3 Å². The van der Waals surface area contributed by atoms with Gasteiger partial charge in [-0.25, -0.2) is 0 Å². The van der Waals surface area contributed by atoms with Gasteiger partial charge in [-0.15, -0.1) is 0 Å². The molecule has 3 nitrogen and oxygen atoms in total. The molecule has 2 saturated heterocycles. The molecule has 2 aliphatic rings. The van der Waals surface area contributed by atoms with Crippen LogP contribution in [0.4, 0.5) is 0 Å². The normalized spacial score (nSPS) is 38.8. The summed E-state index contributed by atoms with van der Waals surface area (Å²) in [5.41, 5.74) is 0. The lowest BCUT2D eigenvalue weighted by molar-refractivity contribution is 0.326. The van der Waals surface area contributed by atoms with Gasteiger partial charge in [0.2, 0.25) is 0 Å². The van der Waals surface area contributed by atoms with Crippen LogP contribution in [0.2, 0.25) is 0 Å². The second kappa shape index (κ2) is 5.68. The Morgan fingerprint density at radius 2 is 1.24 bits per heavy atom. The summed E-state index contributed by atoms with van der Waals surface area (Å²) in [7, 11) is 0. The third-order valence-electron chi connectivity index (χ3n) is 3.93. The summed E-state index contributed by atoms with van der Waals surface area (Å²) in [5, 5.41) is 3.57. The average Bonchev–Trinajstić information content (AvgIpc) is 3.10. The minimum atomic E-state index is 0.505. The molecule has 6 atom stereocenters. The van der Waals surface area contributed by atoms with Crippen LogP contribution in [0, 0.1) is 11.8 Å². The topological polar surface area (TPSA) is 37.1 Å². The highest BCUT2D eigenvalue weighted by molar-refractivity contribution is 4.83. The zero-order valence-corrected chi connectivity index (χ0v) is 11.6. The number of nitrogens with one attached hydrogen (secondary N) is 1. The van der Waals surface area contributed by atoms with Gasteiger partial charge in [-0.3, -0.25) is 0 Å². The highest BCUT2D eigenvalue weighted by atomic mass is 16.6. The molecule has 100 valence electrons. The third-order valence-corrected chi connectivity index (χ3v) is 3.93. The molecule has 2 rings (SSSR count). The van der Waals surface area contributed by atoms with E-state index in [4.69, 9.17) is 9.47 Å². The van der Waals surface area contributed by atoms with E-state index in [1.165, 1.54) is 12.8 Å². The fourth-order valence-corrected chi connectivity index (χ4v) is 2.49. The molecule has 1 N–H and O–H groups in total. The molecule has 2 fully saturated rings. The van der Waals surface area contributed by atoms with Crippen LogP contribution < -0.4 is 5.32 Å². The van der Waals surface area contributed by atoms with Crippen LogP contribution in [0.5, 0.6) is 0 Å². The van der Waals surface area contributed by atoms with E-state index in [9.17, 15) is 0 Å². The Morgan fingerprint density at radius 1 is 0.882 bits per heavy atom. The van der Waals surface area contributed by atoms with E-state index in [2.05, 4.69) is 33.0 Å². The van der Waals surface area contributed by atoms with E-state index >= 15 is 0 Å². The summed E-state index contributed by atoms with van der Waals surface area (Å²) >= 11 is 0. The smallest absolute Gasteiger partial charge is 0.0842 e. The van der Waals surface area contributed by atoms with Crippen LogP contribution in [0.25, 0.3) is 0 Å². The summed E-state index contributed by atoms with van der Waals surface area (Å²) in [6, 6.07) is 0. The Balaban J connectivity index is 1.47. The summed E-state index contributed by atoms with van der Waals surface area (Å²) in [5.74, 6) is 1.43. The standard InChI is InChI=1S/C14H27NO2/c1-9(5-13-11(3)16-13)7-15-8-10(2)6-14-12(4)17-14/h9-15H,5-8H2,1-4H3. The minimum absolute atomic E-state index is 0.505. The number of hydrogen-bond donors (Lipinski definition) is 1. The molecule has 0 aromatic heterocycles. The number of hydrogen-bond acceptors (Lipinski definition) is 3. The van der Waals surface area contributed by atoms with E-state index in [1.54, 1.807) is 0 Å². The van der Waals surface area contributed by atoms with Crippen LogP contribution in [-0.4, -0.2) is 37.5 Å². The molecule has 0 saturated carbocycles. The van der Waals surface area contributed by atoms with Gasteiger partial charge in [0.15, 0.2) is 0 Å². The lowest BCUT2D eigenvalue weighted by Crippen LogP contribution is -2.27. The van der Waals surface area contributed by atoms with Crippen molar-refractivity contribution >= 4 is 0 Å². The van der Waals surface area contributed by atoms with Crippen molar-refractivity contribution in [3.63, 3.8) is 0 Å². The number of epoxide rings is 2. The first-order valence-corrected chi connectivity index (χ1v) is 7.08. The Morgan fingerprint density at radius 3 is 1.53 bits per heavy atom. The van der Waals surface area contributed by atoms with Gasteiger partial charge in [0, 0.05) is 0 Å². The van der Waals surface area contributed by atoms with Crippen molar-refractivity contribution in [3.8, 4) is 0 Å². The maximum absolute atomic E-state index is 5.44. The van der Waals surface area contributed by atoms with Gasteiger partial charge in [-0.2, -0.15) is 0 Å². The predicted octanol–water partition coefficient (Wildman–Crippen LogP) is 2.20. The fourth-order valence-electron chi connectivity index (χ4n) is 2.49. The van der Waals surface area contributed by atoms with Crippen molar-refractivity contribution in [3.05, 3.63) is 0 Å².